The second-order valence-electron chi connectivity index (χ2n) is 3.53. The molecule has 0 aliphatic rings. The molecule has 0 aliphatic heterocycles. The van der Waals surface area contributed by atoms with Crippen molar-refractivity contribution in [1.82, 2.24) is 19.5 Å². The molecule has 0 atom stereocenters. The summed E-state index contributed by atoms with van der Waals surface area (Å²) >= 11 is 0. The molecule has 19 heavy (non-hydrogen) atoms. The third-order valence-corrected chi connectivity index (χ3v) is 2.14. The van der Waals surface area contributed by atoms with Crippen LogP contribution in [-0.2, 0) is 9.53 Å². The molecule has 0 aliphatic carbocycles. The van der Waals surface area contributed by atoms with E-state index in [1.54, 1.807) is 42.6 Å². The Kier molecular flexibility index (Phi) is 4.24. The fraction of sp³-hybridized carbons (Fsp3) is 0.231. The highest BCUT2D eigenvalue weighted by atomic mass is 16.5. The molecule has 0 fully saturated rings. The highest BCUT2D eigenvalue weighted by Crippen LogP contribution is 2.00. The topological polar surface area (TPSA) is 69.9 Å². The van der Waals surface area contributed by atoms with E-state index in [0.29, 0.717) is 18.1 Å². The molecular formula is C13H12N4O2. The number of esters is 1. The van der Waals surface area contributed by atoms with Gasteiger partial charge in [0.25, 0.3) is 0 Å². The number of nitrogens with zero attached hydrogens (tertiary/aromatic N) is 4. The van der Waals surface area contributed by atoms with Crippen LogP contribution in [0.15, 0.2) is 31.1 Å². The molecular weight excluding hydrogens is 244 g/mol. The minimum atomic E-state index is -0.328. The molecule has 0 saturated carbocycles. The van der Waals surface area contributed by atoms with E-state index >= 15 is 0 Å². The summed E-state index contributed by atoms with van der Waals surface area (Å²) in [4.78, 5) is 23.3. The monoisotopic (exact) mass is 256 g/mol. The predicted molar refractivity (Wildman–Crippen MR) is 67.3 cm³/mol. The molecule has 0 aromatic carbocycles. The molecule has 0 amide bonds. The minimum absolute atomic E-state index is 0.0666. The Bertz CT molecular complexity index is 594. The molecule has 0 bridgehead atoms. The summed E-state index contributed by atoms with van der Waals surface area (Å²) < 4.78 is 6.46. The first-order valence-corrected chi connectivity index (χ1v) is 5.74. The number of hydrogen-bond acceptors (Lipinski definition) is 5. The lowest BCUT2D eigenvalue weighted by atomic mass is 10.3. The van der Waals surface area contributed by atoms with Crippen LogP contribution in [0.5, 0.6) is 0 Å². The molecule has 6 nitrogen and oxygen atoms in total. The summed E-state index contributed by atoms with van der Waals surface area (Å²) in [5, 5.41) is 0. The second kappa shape index (κ2) is 6.31. The lowest BCUT2D eigenvalue weighted by molar-refractivity contribution is -0.141. The van der Waals surface area contributed by atoms with E-state index < -0.39 is 0 Å². The van der Waals surface area contributed by atoms with Gasteiger partial charge in [0.15, 0.2) is 0 Å². The van der Waals surface area contributed by atoms with Crippen LogP contribution in [0.4, 0.5) is 0 Å². The SMILES string of the molecule is CCOC(=O)CC#Cc1cnc(-n2ccnc2)nc1. The summed E-state index contributed by atoms with van der Waals surface area (Å²) in [6, 6.07) is 0. The van der Waals surface area contributed by atoms with Gasteiger partial charge in [-0.25, -0.2) is 15.0 Å². The Hall–Kier alpha value is -2.68. The maximum Gasteiger partial charge on any atom is 0.317 e. The smallest absolute Gasteiger partial charge is 0.317 e. The van der Waals surface area contributed by atoms with Crippen LogP contribution in [-0.4, -0.2) is 32.1 Å². The van der Waals surface area contributed by atoms with Crippen molar-refractivity contribution in [3.05, 3.63) is 36.7 Å². The van der Waals surface area contributed by atoms with E-state index in [1.807, 2.05) is 0 Å². The molecule has 0 N–H and O–H groups in total. The van der Waals surface area contributed by atoms with Gasteiger partial charge in [-0.1, -0.05) is 11.8 Å². The van der Waals surface area contributed by atoms with Gasteiger partial charge in [-0.2, -0.15) is 0 Å². The molecule has 6 heteroatoms. The first-order chi connectivity index (χ1) is 9.29. The summed E-state index contributed by atoms with van der Waals surface area (Å²) in [6.45, 7) is 2.12. The Morgan fingerprint density at radius 2 is 2.21 bits per heavy atom. The molecule has 2 aromatic heterocycles. The molecule has 96 valence electrons. The fourth-order valence-electron chi connectivity index (χ4n) is 1.33. The van der Waals surface area contributed by atoms with Crippen molar-refractivity contribution in [1.29, 1.82) is 0 Å². The van der Waals surface area contributed by atoms with Crippen molar-refractivity contribution in [3.63, 3.8) is 0 Å². The van der Waals surface area contributed by atoms with Gasteiger partial charge in [-0.05, 0) is 6.92 Å². The number of carbonyl (C=O) groups is 1. The van der Waals surface area contributed by atoms with Crippen molar-refractivity contribution in [2.45, 2.75) is 13.3 Å². The molecule has 2 rings (SSSR count). The number of hydrogen-bond donors (Lipinski definition) is 0. The van der Waals surface area contributed by atoms with Gasteiger partial charge in [-0.15, -0.1) is 0 Å². The van der Waals surface area contributed by atoms with Crippen LogP contribution < -0.4 is 0 Å². The van der Waals surface area contributed by atoms with E-state index in [4.69, 9.17) is 4.74 Å². The summed E-state index contributed by atoms with van der Waals surface area (Å²) in [5.74, 6) is 5.72. The summed E-state index contributed by atoms with van der Waals surface area (Å²) in [7, 11) is 0. The van der Waals surface area contributed by atoms with Crippen molar-refractivity contribution in [2.24, 2.45) is 0 Å². The predicted octanol–water partition coefficient (Wildman–Crippen LogP) is 0.967. The van der Waals surface area contributed by atoms with Crippen molar-refractivity contribution in [3.8, 4) is 17.8 Å². The van der Waals surface area contributed by atoms with Gasteiger partial charge in [0, 0.05) is 24.8 Å². The van der Waals surface area contributed by atoms with Gasteiger partial charge in [0.1, 0.15) is 12.7 Å². The largest absolute Gasteiger partial charge is 0.465 e. The zero-order valence-electron chi connectivity index (χ0n) is 10.4. The van der Waals surface area contributed by atoms with Crippen LogP contribution in [0.2, 0.25) is 0 Å². The van der Waals surface area contributed by atoms with E-state index in [9.17, 15) is 4.79 Å². The number of ether oxygens (including phenoxy) is 1. The number of rotatable bonds is 3. The summed E-state index contributed by atoms with van der Waals surface area (Å²) in [6.07, 6.45) is 8.28. The average molecular weight is 256 g/mol. The normalized spacial score (nSPS) is 9.53. The highest BCUT2D eigenvalue weighted by Gasteiger charge is 1.99. The highest BCUT2D eigenvalue weighted by molar-refractivity contribution is 5.72. The standard InChI is InChI=1S/C13H12N4O2/c1-2-19-12(18)5-3-4-11-8-15-13(16-9-11)17-7-6-14-10-17/h6-10H,2,5H2,1H3. The van der Waals surface area contributed by atoms with E-state index in [-0.39, 0.29) is 12.4 Å². The fourth-order valence-corrected chi connectivity index (χ4v) is 1.33. The maximum atomic E-state index is 11.1. The van der Waals surface area contributed by atoms with E-state index in [1.165, 1.54) is 0 Å². The molecule has 0 spiro atoms. The minimum Gasteiger partial charge on any atom is -0.465 e. The quantitative estimate of drug-likeness (QED) is 0.604. The van der Waals surface area contributed by atoms with E-state index in [0.717, 1.165) is 0 Å². The number of imidazole rings is 1. The van der Waals surface area contributed by atoms with Gasteiger partial charge in [0.2, 0.25) is 5.95 Å². The maximum absolute atomic E-state index is 11.1. The first kappa shape index (κ1) is 12.8. The van der Waals surface area contributed by atoms with Crippen LogP contribution >= 0.6 is 0 Å². The van der Waals surface area contributed by atoms with Crippen LogP contribution in [0, 0.1) is 11.8 Å². The van der Waals surface area contributed by atoms with Crippen LogP contribution in [0.3, 0.4) is 0 Å². The van der Waals surface area contributed by atoms with Gasteiger partial charge >= 0.3 is 5.97 Å². The Balaban J connectivity index is 2.00. The van der Waals surface area contributed by atoms with Crippen molar-refractivity contribution < 1.29 is 9.53 Å². The van der Waals surface area contributed by atoms with Crippen molar-refractivity contribution >= 4 is 5.97 Å². The van der Waals surface area contributed by atoms with Gasteiger partial charge in [0.05, 0.1) is 12.2 Å². The van der Waals surface area contributed by atoms with Crippen LogP contribution in [0.1, 0.15) is 18.9 Å². The Morgan fingerprint density at radius 1 is 1.42 bits per heavy atom. The zero-order valence-corrected chi connectivity index (χ0v) is 10.4. The average Bonchev–Trinajstić information content (AvgIpc) is 2.94. The molecule has 2 aromatic rings. The third-order valence-electron chi connectivity index (χ3n) is 2.14. The molecule has 0 unspecified atom stereocenters. The van der Waals surface area contributed by atoms with Crippen molar-refractivity contribution in [2.75, 3.05) is 6.61 Å². The number of carbonyl (C=O) groups excluding carboxylic acids is 1. The zero-order chi connectivity index (χ0) is 13.5. The Labute approximate surface area is 110 Å². The lowest BCUT2D eigenvalue weighted by Gasteiger charge is -1.98. The van der Waals surface area contributed by atoms with E-state index in [2.05, 4.69) is 26.8 Å². The number of aromatic nitrogens is 4. The molecule has 0 radical (unpaired) electrons. The summed E-state index contributed by atoms with van der Waals surface area (Å²) in [5.41, 5.74) is 0.646. The molecule has 2 heterocycles. The third kappa shape index (κ3) is 3.64. The van der Waals surface area contributed by atoms with Gasteiger partial charge < -0.3 is 4.74 Å². The Morgan fingerprint density at radius 3 is 2.84 bits per heavy atom. The van der Waals surface area contributed by atoms with Gasteiger partial charge in [-0.3, -0.25) is 9.36 Å². The molecule has 0 saturated heterocycles. The van der Waals surface area contributed by atoms with Crippen LogP contribution in [0.25, 0.3) is 5.95 Å². The second-order valence-corrected chi connectivity index (χ2v) is 3.53. The first-order valence-electron chi connectivity index (χ1n) is 5.74. The lowest BCUT2D eigenvalue weighted by Crippen LogP contribution is -2.01.